The van der Waals surface area contributed by atoms with Crippen molar-refractivity contribution in [3.05, 3.63) is 24.0 Å². The van der Waals surface area contributed by atoms with Gasteiger partial charge in [-0.25, -0.2) is 4.39 Å². The van der Waals surface area contributed by atoms with Crippen molar-refractivity contribution in [3.63, 3.8) is 0 Å². The zero-order chi connectivity index (χ0) is 12.5. The molecule has 0 amide bonds. The van der Waals surface area contributed by atoms with Gasteiger partial charge in [0.1, 0.15) is 11.6 Å². The molecule has 3 nitrogen and oxygen atoms in total. The molecule has 94 valence electrons. The van der Waals surface area contributed by atoms with Crippen LogP contribution in [-0.2, 0) is 0 Å². The van der Waals surface area contributed by atoms with E-state index in [0.717, 1.165) is 25.1 Å². The van der Waals surface area contributed by atoms with Gasteiger partial charge in [-0.05, 0) is 25.0 Å². The number of ether oxygens (including phenoxy) is 1. The van der Waals surface area contributed by atoms with Gasteiger partial charge in [0.05, 0.1) is 19.4 Å². The molecule has 1 fully saturated rings. The Kier molecular flexibility index (Phi) is 3.24. The Balaban J connectivity index is 2.17. The molecule has 0 heterocycles. The molecule has 2 rings (SSSR count). The van der Waals surface area contributed by atoms with Gasteiger partial charge in [0.15, 0.2) is 0 Å². The highest BCUT2D eigenvalue weighted by atomic mass is 19.1. The molecule has 17 heavy (non-hydrogen) atoms. The standard InChI is InChI=1S/C13H18FNO2/c1-15(8-13(9-16)5-6-13)11-7-10(14)3-4-12(11)17-2/h3-4,7,16H,5-6,8-9H2,1-2H3. The molecule has 0 radical (unpaired) electrons. The second-order valence-electron chi connectivity index (χ2n) is 4.83. The second-order valence-corrected chi connectivity index (χ2v) is 4.83. The van der Waals surface area contributed by atoms with Crippen molar-refractivity contribution in [2.75, 3.05) is 32.2 Å². The third-order valence-electron chi connectivity index (χ3n) is 3.42. The minimum Gasteiger partial charge on any atom is -0.495 e. The van der Waals surface area contributed by atoms with E-state index >= 15 is 0 Å². The number of nitrogens with zero attached hydrogens (tertiary/aromatic N) is 1. The highest BCUT2D eigenvalue weighted by Gasteiger charge is 2.43. The number of halogens is 1. The van der Waals surface area contributed by atoms with E-state index in [1.54, 1.807) is 13.2 Å². The lowest BCUT2D eigenvalue weighted by Crippen LogP contribution is -2.29. The van der Waals surface area contributed by atoms with Crippen molar-refractivity contribution >= 4 is 5.69 Å². The van der Waals surface area contributed by atoms with E-state index in [9.17, 15) is 9.50 Å². The molecule has 0 bridgehead atoms. The van der Waals surface area contributed by atoms with Crippen LogP contribution < -0.4 is 9.64 Å². The van der Waals surface area contributed by atoms with Crippen LogP contribution in [-0.4, -0.2) is 32.4 Å². The number of aliphatic hydroxyl groups is 1. The lowest BCUT2D eigenvalue weighted by Gasteiger charge is -2.25. The summed E-state index contributed by atoms with van der Waals surface area (Å²) in [4.78, 5) is 1.95. The summed E-state index contributed by atoms with van der Waals surface area (Å²) in [6, 6.07) is 4.47. The lowest BCUT2D eigenvalue weighted by atomic mass is 10.1. The van der Waals surface area contributed by atoms with Crippen molar-refractivity contribution in [1.82, 2.24) is 0 Å². The molecule has 1 N–H and O–H groups in total. The summed E-state index contributed by atoms with van der Waals surface area (Å²) in [5.41, 5.74) is 0.735. The molecule has 0 saturated heterocycles. The van der Waals surface area contributed by atoms with Gasteiger partial charge in [-0.1, -0.05) is 0 Å². The summed E-state index contributed by atoms with van der Waals surface area (Å²) in [5, 5.41) is 9.30. The maximum absolute atomic E-state index is 13.2. The quantitative estimate of drug-likeness (QED) is 0.853. The molecule has 1 aromatic carbocycles. The van der Waals surface area contributed by atoms with Crippen LogP contribution in [0.4, 0.5) is 10.1 Å². The maximum Gasteiger partial charge on any atom is 0.142 e. The Morgan fingerprint density at radius 1 is 1.47 bits per heavy atom. The summed E-state index contributed by atoms with van der Waals surface area (Å²) in [6.45, 7) is 0.915. The summed E-state index contributed by atoms with van der Waals surface area (Å²) < 4.78 is 18.5. The van der Waals surface area contributed by atoms with Crippen molar-refractivity contribution in [2.45, 2.75) is 12.8 Å². The summed E-state index contributed by atoms with van der Waals surface area (Å²) >= 11 is 0. The fourth-order valence-corrected chi connectivity index (χ4v) is 2.09. The van der Waals surface area contributed by atoms with Gasteiger partial charge in [-0.3, -0.25) is 0 Å². The van der Waals surface area contributed by atoms with Crippen LogP contribution in [0.5, 0.6) is 5.75 Å². The lowest BCUT2D eigenvalue weighted by molar-refractivity contribution is 0.215. The Labute approximate surface area is 101 Å². The molecule has 1 saturated carbocycles. The highest BCUT2D eigenvalue weighted by molar-refractivity contribution is 5.58. The fraction of sp³-hybridized carbons (Fsp3) is 0.538. The molecule has 4 heteroatoms. The topological polar surface area (TPSA) is 32.7 Å². The molecule has 0 spiro atoms. The van der Waals surface area contributed by atoms with Crippen LogP contribution in [0, 0.1) is 11.2 Å². The smallest absolute Gasteiger partial charge is 0.142 e. The number of rotatable bonds is 5. The van der Waals surface area contributed by atoms with Gasteiger partial charge in [0.2, 0.25) is 0 Å². The number of hydrogen-bond donors (Lipinski definition) is 1. The van der Waals surface area contributed by atoms with Crippen LogP contribution in [0.15, 0.2) is 18.2 Å². The van der Waals surface area contributed by atoms with Gasteiger partial charge in [-0.2, -0.15) is 0 Å². The SMILES string of the molecule is COc1ccc(F)cc1N(C)CC1(CO)CC1. The Morgan fingerprint density at radius 2 is 2.18 bits per heavy atom. The maximum atomic E-state index is 13.2. The Hall–Kier alpha value is -1.29. The van der Waals surface area contributed by atoms with E-state index in [-0.39, 0.29) is 17.8 Å². The second kappa shape index (κ2) is 4.53. The van der Waals surface area contributed by atoms with Gasteiger partial charge in [0, 0.05) is 25.1 Å². The van der Waals surface area contributed by atoms with E-state index < -0.39 is 0 Å². The summed E-state index contributed by atoms with van der Waals surface area (Å²) in [6.07, 6.45) is 2.07. The molecule has 1 aromatic rings. The predicted octanol–water partition coefficient (Wildman–Crippen LogP) is 2.04. The third-order valence-corrected chi connectivity index (χ3v) is 3.42. The van der Waals surface area contributed by atoms with E-state index in [2.05, 4.69) is 0 Å². The van der Waals surface area contributed by atoms with E-state index in [4.69, 9.17) is 4.74 Å². The first-order valence-electron chi connectivity index (χ1n) is 5.76. The number of benzene rings is 1. The van der Waals surface area contributed by atoms with Crippen molar-refractivity contribution in [2.24, 2.45) is 5.41 Å². The normalized spacial score (nSPS) is 16.7. The van der Waals surface area contributed by atoms with Crippen molar-refractivity contribution in [3.8, 4) is 5.75 Å². The molecule has 0 aliphatic heterocycles. The molecule has 0 unspecified atom stereocenters. The number of methoxy groups -OCH3 is 1. The van der Waals surface area contributed by atoms with Gasteiger partial charge in [0.25, 0.3) is 0 Å². The molecule has 1 aliphatic carbocycles. The van der Waals surface area contributed by atoms with Crippen LogP contribution in [0.2, 0.25) is 0 Å². The predicted molar refractivity (Wildman–Crippen MR) is 65.0 cm³/mol. The highest BCUT2D eigenvalue weighted by Crippen LogP contribution is 2.46. The molecule has 0 aromatic heterocycles. The Morgan fingerprint density at radius 3 is 2.71 bits per heavy atom. The van der Waals surface area contributed by atoms with Crippen LogP contribution in [0.3, 0.4) is 0 Å². The Bertz CT molecular complexity index is 404. The minimum absolute atomic E-state index is 0.00603. The van der Waals surface area contributed by atoms with Gasteiger partial charge < -0.3 is 14.7 Å². The number of hydrogen-bond acceptors (Lipinski definition) is 3. The average molecular weight is 239 g/mol. The van der Waals surface area contributed by atoms with E-state index in [0.29, 0.717) is 5.75 Å². The monoisotopic (exact) mass is 239 g/mol. The first-order chi connectivity index (χ1) is 8.10. The molecule has 0 atom stereocenters. The van der Waals surface area contributed by atoms with Crippen LogP contribution in [0.25, 0.3) is 0 Å². The summed E-state index contributed by atoms with van der Waals surface area (Å²) in [5.74, 6) is 0.379. The first kappa shape index (κ1) is 12.2. The number of aliphatic hydroxyl groups excluding tert-OH is 1. The zero-order valence-corrected chi connectivity index (χ0v) is 10.2. The van der Waals surface area contributed by atoms with Gasteiger partial charge in [-0.15, -0.1) is 0 Å². The molecular weight excluding hydrogens is 221 g/mol. The van der Waals surface area contributed by atoms with E-state index in [1.165, 1.54) is 12.1 Å². The largest absolute Gasteiger partial charge is 0.495 e. The third kappa shape index (κ3) is 2.52. The number of anilines is 1. The summed E-state index contributed by atoms with van der Waals surface area (Å²) in [7, 11) is 3.47. The molecular formula is C13H18FNO2. The van der Waals surface area contributed by atoms with Crippen LogP contribution >= 0.6 is 0 Å². The first-order valence-corrected chi connectivity index (χ1v) is 5.76. The minimum atomic E-state index is -0.276. The zero-order valence-electron chi connectivity index (χ0n) is 10.2. The molecule has 1 aliphatic rings. The van der Waals surface area contributed by atoms with Gasteiger partial charge >= 0.3 is 0 Å². The van der Waals surface area contributed by atoms with E-state index in [1.807, 2.05) is 11.9 Å². The fourth-order valence-electron chi connectivity index (χ4n) is 2.09. The van der Waals surface area contributed by atoms with Crippen molar-refractivity contribution in [1.29, 1.82) is 0 Å². The van der Waals surface area contributed by atoms with Crippen molar-refractivity contribution < 1.29 is 14.2 Å². The average Bonchev–Trinajstić information content (AvgIpc) is 3.09. The van der Waals surface area contributed by atoms with Crippen LogP contribution in [0.1, 0.15) is 12.8 Å².